The molecule has 0 atom stereocenters. The number of carbonyl (C=O) groups excluding carboxylic acids is 1. The van der Waals surface area contributed by atoms with Gasteiger partial charge in [-0.15, -0.1) is 0 Å². The molecule has 6 nitrogen and oxygen atoms in total. The molecule has 3 aromatic rings. The van der Waals surface area contributed by atoms with Gasteiger partial charge in [0.2, 0.25) is 0 Å². The van der Waals surface area contributed by atoms with Crippen LogP contribution in [0.1, 0.15) is 23.0 Å². The summed E-state index contributed by atoms with van der Waals surface area (Å²) in [5.74, 6) is -0.411. The molecule has 138 valence electrons. The predicted octanol–water partition coefficient (Wildman–Crippen LogP) is 5.19. The zero-order valence-electron chi connectivity index (χ0n) is 14.8. The molecule has 3 rings (SSSR count). The summed E-state index contributed by atoms with van der Waals surface area (Å²) in [7, 11) is 0. The molecule has 0 saturated carbocycles. The van der Waals surface area contributed by atoms with Crippen molar-refractivity contribution in [2.24, 2.45) is 0 Å². The van der Waals surface area contributed by atoms with E-state index in [0.29, 0.717) is 16.3 Å². The highest BCUT2D eigenvalue weighted by molar-refractivity contribution is 6.30. The van der Waals surface area contributed by atoms with E-state index >= 15 is 0 Å². The molecule has 0 fully saturated rings. The van der Waals surface area contributed by atoms with Gasteiger partial charge in [0.1, 0.15) is 0 Å². The number of hydrogen-bond donors (Lipinski definition) is 0. The lowest BCUT2D eigenvalue weighted by Gasteiger charge is -2.12. The quantitative estimate of drug-likeness (QED) is 0.344. The Morgan fingerprint density at radius 2 is 1.78 bits per heavy atom. The van der Waals surface area contributed by atoms with Crippen LogP contribution in [0.3, 0.4) is 0 Å². The molecular weight excluding hydrogens is 368 g/mol. The zero-order valence-corrected chi connectivity index (χ0v) is 15.6. The van der Waals surface area contributed by atoms with Crippen molar-refractivity contribution in [2.45, 2.75) is 13.8 Å². The average molecular weight is 385 g/mol. The number of halogens is 1. The Kier molecular flexibility index (Phi) is 5.28. The van der Waals surface area contributed by atoms with Gasteiger partial charge in [0.25, 0.3) is 5.69 Å². The van der Waals surface area contributed by atoms with Crippen LogP contribution in [0.4, 0.5) is 5.69 Å². The minimum Gasteiger partial charge on any atom is -0.462 e. The number of esters is 1. The van der Waals surface area contributed by atoms with E-state index in [9.17, 15) is 14.9 Å². The molecule has 0 bridgehead atoms. The van der Waals surface area contributed by atoms with Gasteiger partial charge in [-0.2, -0.15) is 0 Å². The summed E-state index contributed by atoms with van der Waals surface area (Å²) in [5.41, 5.74) is 3.46. The fraction of sp³-hybridized carbons (Fsp3) is 0.150. The number of ether oxygens (including phenoxy) is 1. The fourth-order valence-corrected chi connectivity index (χ4v) is 3.04. The smallest absolute Gasteiger partial charge is 0.339 e. The van der Waals surface area contributed by atoms with Gasteiger partial charge in [-0.3, -0.25) is 10.1 Å². The lowest BCUT2D eigenvalue weighted by atomic mass is 10.1. The minimum absolute atomic E-state index is 0.00527. The monoisotopic (exact) mass is 384 g/mol. The molecule has 0 spiro atoms. The van der Waals surface area contributed by atoms with Gasteiger partial charge in [0.15, 0.2) is 0 Å². The lowest BCUT2D eigenvalue weighted by molar-refractivity contribution is -0.384. The minimum atomic E-state index is -0.447. The van der Waals surface area contributed by atoms with Crippen molar-refractivity contribution in [2.75, 3.05) is 6.61 Å². The van der Waals surface area contributed by atoms with E-state index in [0.717, 1.165) is 16.9 Å². The lowest BCUT2D eigenvalue weighted by Crippen LogP contribution is -2.06. The van der Waals surface area contributed by atoms with Crippen LogP contribution < -0.4 is 0 Å². The Labute approximate surface area is 161 Å². The number of nitrogens with zero attached hydrogens (tertiary/aromatic N) is 2. The van der Waals surface area contributed by atoms with Gasteiger partial charge in [-0.25, -0.2) is 4.79 Å². The van der Waals surface area contributed by atoms with Gasteiger partial charge >= 0.3 is 5.97 Å². The maximum Gasteiger partial charge on any atom is 0.339 e. The summed E-state index contributed by atoms with van der Waals surface area (Å²) in [6.07, 6.45) is 0. The molecule has 0 aliphatic heterocycles. The first-order valence-corrected chi connectivity index (χ1v) is 8.70. The van der Waals surface area contributed by atoms with E-state index in [4.69, 9.17) is 16.3 Å². The van der Waals surface area contributed by atoms with Crippen molar-refractivity contribution in [3.63, 3.8) is 0 Å². The second kappa shape index (κ2) is 7.63. The molecule has 0 aliphatic rings. The number of nitro benzene ring substituents is 1. The van der Waals surface area contributed by atoms with Crippen molar-refractivity contribution >= 4 is 23.3 Å². The van der Waals surface area contributed by atoms with Crippen molar-refractivity contribution in [3.05, 3.63) is 81.0 Å². The van der Waals surface area contributed by atoms with Crippen LogP contribution in [-0.2, 0) is 4.74 Å². The summed E-state index contributed by atoms with van der Waals surface area (Å²) in [6.45, 7) is 3.85. The van der Waals surface area contributed by atoms with E-state index in [2.05, 4.69) is 0 Å². The van der Waals surface area contributed by atoms with E-state index < -0.39 is 10.9 Å². The highest BCUT2D eigenvalue weighted by Crippen LogP contribution is 2.31. The first-order valence-electron chi connectivity index (χ1n) is 8.32. The van der Waals surface area contributed by atoms with Crippen LogP contribution in [0.25, 0.3) is 16.9 Å². The molecule has 0 N–H and O–H groups in total. The van der Waals surface area contributed by atoms with Crippen LogP contribution in [0.5, 0.6) is 0 Å². The maximum absolute atomic E-state index is 12.3. The second-order valence-corrected chi connectivity index (χ2v) is 6.30. The molecule has 0 unspecified atom stereocenters. The zero-order chi connectivity index (χ0) is 19.6. The molecule has 0 aliphatic carbocycles. The molecule has 27 heavy (non-hydrogen) atoms. The van der Waals surface area contributed by atoms with Crippen molar-refractivity contribution in [1.82, 2.24) is 4.57 Å². The molecule has 0 saturated heterocycles. The third-order valence-corrected chi connectivity index (χ3v) is 4.45. The number of hydrogen-bond acceptors (Lipinski definition) is 4. The van der Waals surface area contributed by atoms with Crippen LogP contribution in [0.2, 0.25) is 5.02 Å². The highest BCUT2D eigenvalue weighted by atomic mass is 35.5. The highest BCUT2D eigenvalue weighted by Gasteiger charge is 2.21. The standard InChI is InChI=1S/C20H17ClN2O4/c1-3-27-20(24)18-12-19(14-4-8-17(9-5-14)23(25)26)22(13(18)2)16-10-6-15(21)7-11-16/h4-12H,3H2,1-2H3. The number of rotatable bonds is 5. The number of nitro groups is 1. The van der Waals surface area contributed by atoms with Crippen LogP contribution in [-0.4, -0.2) is 22.1 Å². The van der Waals surface area contributed by atoms with Crippen molar-refractivity contribution in [1.29, 1.82) is 0 Å². The molecule has 7 heteroatoms. The Bertz CT molecular complexity index is 992. The molecule has 1 aromatic heterocycles. The van der Waals surface area contributed by atoms with E-state index in [1.54, 1.807) is 37.3 Å². The third kappa shape index (κ3) is 3.71. The normalized spacial score (nSPS) is 10.6. The largest absolute Gasteiger partial charge is 0.462 e. The number of carbonyl (C=O) groups is 1. The van der Waals surface area contributed by atoms with Gasteiger partial charge in [-0.05, 0) is 61.9 Å². The van der Waals surface area contributed by atoms with E-state index in [-0.39, 0.29) is 12.3 Å². The summed E-state index contributed by atoms with van der Waals surface area (Å²) in [4.78, 5) is 22.8. The Hall–Kier alpha value is -3.12. The van der Waals surface area contributed by atoms with Crippen molar-refractivity contribution < 1.29 is 14.5 Å². The average Bonchev–Trinajstić information content (AvgIpc) is 3.00. The van der Waals surface area contributed by atoms with E-state index in [1.165, 1.54) is 12.1 Å². The summed E-state index contributed by atoms with van der Waals surface area (Å²) in [6, 6.07) is 15.2. The first-order chi connectivity index (χ1) is 12.9. The number of aromatic nitrogens is 1. The van der Waals surface area contributed by atoms with Gasteiger partial charge in [0, 0.05) is 28.5 Å². The van der Waals surface area contributed by atoms with Gasteiger partial charge in [0.05, 0.1) is 22.8 Å². The van der Waals surface area contributed by atoms with Crippen LogP contribution in [0.15, 0.2) is 54.6 Å². The third-order valence-electron chi connectivity index (χ3n) is 4.20. The first kappa shape index (κ1) is 18.7. The van der Waals surface area contributed by atoms with Gasteiger partial charge < -0.3 is 9.30 Å². The maximum atomic E-state index is 12.3. The van der Waals surface area contributed by atoms with Crippen molar-refractivity contribution in [3.8, 4) is 16.9 Å². The second-order valence-electron chi connectivity index (χ2n) is 5.86. The summed E-state index contributed by atoms with van der Waals surface area (Å²) >= 11 is 5.99. The number of non-ortho nitro benzene ring substituents is 1. The Morgan fingerprint density at radius 3 is 2.33 bits per heavy atom. The molecule has 2 aromatic carbocycles. The van der Waals surface area contributed by atoms with E-state index in [1.807, 2.05) is 23.6 Å². The SMILES string of the molecule is CCOC(=O)c1cc(-c2ccc([N+](=O)[O-])cc2)n(-c2ccc(Cl)cc2)c1C. The molecule has 1 heterocycles. The van der Waals surface area contributed by atoms with Crippen LogP contribution >= 0.6 is 11.6 Å². The number of benzene rings is 2. The Morgan fingerprint density at radius 1 is 1.15 bits per heavy atom. The summed E-state index contributed by atoms with van der Waals surface area (Å²) in [5, 5.41) is 11.5. The molecule has 0 amide bonds. The fourth-order valence-electron chi connectivity index (χ4n) is 2.91. The molecular formula is C20H17ClN2O4. The molecule has 0 radical (unpaired) electrons. The topological polar surface area (TPSA) is 74.4 Å². The predicted molar refractivity (Wildman–Crippen MR) is 104 cm³/mol. The van der Waals surface area contributed by atoms with Crippen LogP contribution in [0, 0.1) is 17.0 Å². The Balaban J connectivity index is 2.18. The van der Waals surface area contributed by atoms with Gasteiger partial charge in [-0.1, -0.05) is 11.6 Å². The summed E-state index contributed by atoms with van der Waals surface area (Å²) < 4.78 is 7.06.